The van der Waals surface area contributed by atoms with Gasteiger partial charge in [-0.2, -0.15) is 0 Å². The highest BCUT2D eigenvalue weighted by Gasteiger charge is 2.27. The first-order valence-electron chi connectivity index (χ1n) is 10.2. The third-order valence-corrected chi connectivity index (χ3v) is 5.25. The average molecular weight is 431 g/mol. The number of carbonyl (C=O) groups excluding carboxylic acids is 2. The van der Waals surface area contributed by atoms with Crippen LogP contribution in [0.1, 0.15) is 6.92 Å². The van der Waals surface area contributed by atoms with Crippen LogP contribution in [0.5, 0.6) is 11.5 Å². The van der Waals surface area contributed by atoms with E-state index in [0.717, 1.165) is 10.8 Å². The number of piperazine rings is 1. The number of hydrogen-bond donors (Lipinski definition) is 1. The number of hydrogen-bond acceptors (Lipinski definition) is 8. The SMILES string of the molecule is CCOC(=O)CN1CCN(C(=O)N(CN)c2cncc3cc(OC)c(OC)cc23)CC1. The Labute approximate surface area is 181 Å². The summed E-state index contributed by atoms with van der Waals surface area (Å²) >= 11 is 0. The molecule has 2 aromatic rings. The summed E-state index contributed by atoms with van der Waals surface area (Å²) in [4.78, 5) is 34.4. The molecule has 2 amide bonds. The predicted molar refractivity (Wildman–Crippen MR) is 116 cm³/mol. The van der Waals surface area contributed by atoms with Crippen molar-refractivity contribution in [2.45, 2.75) is 6.92 Å². The van der Waals surface area contributed by atoms with Crippen molar-refractivity contribution in [3.05, 3.63) is 24.5 Å². The number of rotatable bonds is 7. The minimum absolute atomic E-state index is 0.00296. The number of esters is 1. The zero-order chi connectivity index (χ0) is 22.4. The lowest BCUT2D eigenvalue weighted by Gasteiger charge is -2.37. The lowest BCUT2D eigenvalue weighted by Crippen LogP contribution is -2.54. The van der Waals surface area contributed by atoms with Crippen LogP contribution in [0.25, 0.3) is 10.8 Å². The standard InChI is InChI=1S/C21H29N5O5/c1-4-31-20(27)13-24-5-7-25(8-6-24)21(28)26(14-22)17-12-23-11-15-9-18(29-2)19(30-3)10-16(15)17/h9-12H,4-8,13-14,22H2,1-3H3. The largest absolute Gasteiger partial charge is 0.493 e. The van der Waals surface area contributed by atoms with E-state index in [-0.39, 0.29) is 25.2 Å². The van der Waals surface area contributed by atoms with Crippen LogP contribution in [0.3, 0.4) is 0 Å². The summed E-state index contributed by atoms with van der Waals surface area (Å²) in [5.74, 6) is 0.883. The molecular formula is C21H29N5O5. The Morgan fingerprint density at radius 2 is 1.77 bits per heavy atom. The second kappa shape index (κ2) is 10.3. The average Bonchev–Trinajstić information content (AvgIpc) is 2.79. The number of nitrogens with zero attached hydrogens (tertiary/aromatic N) is 4. The van der Waals surface area contributed by atoms with Crippen molar-refractivity contribution in [3.8, 4) is 11.5 Å². The molecule has 2 heterocycles. The summed E-state index contributed by atoms with van der Waals surface area (Å²) < 4.78 is 15.8. The molecule has 0 saturated carbocycles. The van der Waals surface area contributed by atoms with E-state index in [0.29, 0.717) is 50.0 Å². The first-order valence-corrected chi connectivity index (χ1v) is 10.2. The van der Waals surface area contributed by atoms with Crippen LogP contribution in [-0.4, -0.2) is 87.0 Å². The lowest BCUT2D eigenvalue weighted by molar-refractivity contribution is -0.144. The summed E-state index contributed by atoms with van der Waals surface area (Å²) in [5.41, 5.74) is 6.58. The molecule has 0 bridgehead atoms. The fourth-order valence-electron chi connectivity index (χ4n) is 3.63. The molecular weight excluding hydrogens is 402 g/mol. The molecule has 0 radical (unpaired) electrons. The third-order valence-electron chi connectivity index (χ3n) is 5.25. The molecule has 1 aromatic carbocycles. The van der Waals surface area contributed by atoms with E-state index in [9.17, 15) is 9.59 Å². The fraction of sp³-hybridized carbons (Fsp3) is 0.476. The number of aromatic nitrogens is 1. The first-order chi connectivity index (χ1) is 15.0. The molecule has 10 heteroatoms. The Balaban J connectivity index is 1.78. The highest BCUT2D eigenvalue weighted by Crippen LogP contribution is 2.36. The van der Waals surface area contributed by atoms with E-state index in [1.54, 1.807) is 38.4 Å². The van der Waals surface area contributed by atoms with Crippen molar-refractivity contribution < 1.29 is 23.8 Å². The zero-order valence-corrected chi connectivity index (χ0v) is 18.2. The van der Waals surface area contributed by atoms with Gasteiger partial charge in [-0.15, -0.1) is 0 Å². The highest BCUT2D eigenvalue weighted by atomic mass is 16.5. The van der Waals surface area contributed by atoms with Gasteiger partial charge in [-0.05, 0) is 19.1 Å². The number of ether oxygens (including phenoxy) is 3. The summed E-state index contributed by atoms with van der Waals surface area (Å²) in [5, 5.41) is 1.59. The molecule has 0 unspecified atom stereocenters. The van der Waals surface area contributed by atoms with E-state index in [4.69, 9.17) is 19.9 Å². The van der Waals surface area contributed by atoms with Crippen molar-refractivity contribution in [1.29, 1.82) is 0 Å². The van der Waals surface area contributed by atoms with E-state index in [2.05, 4.69) is 4.98 Å². The molecule has 0 aliphatic carbocycles. The van der Waals surface area contributed by atoms with Gasteiger partial charge in [0.1, 0.15) is 0 Å². The number of pyridine rings is 1. The highest BCUT2D eigenvalue weighted by molar-refractivity contribution is 6.03. The normalized spacial score (nSPS) is 14.4. The molecule has 1 fully saturated rings. The van der Waals surface area contributed by atoms with E-state index in [1.165, 1.54) is 4.90 Å². The number of nitrogens with two attached hydrogens (primary N) is 1. The first kappa shape index (κ1) is 22.6. The van der Waals surface area contributed by atoms with Crippen LogP contribution < -0.4 is 20.1 Å². The molecule has 1 aliphatic rings. The topological polar surface area (TPSA) is 110 Å². The Morgan fingerprint density at radius 3 is 2.39 bits per heavy atom. The van der Waals surface area contributed by atoms with Crippen molar-refractivity contribution in [2.75, 3.05) is 65.1 Å². The summed E-state index contributed by atoms with van der Waals surface area (Å²) in [6.45, 7) is 4.52. The maximum atomic E-state index is 13.3. The smallest absolute Gasteiger partial charge is 0.325 e. The molecule has 1 saturated heterocycles. The van der Waals surface area contributed by atoms with Crippen LogP contribution in [-0.2, 0) is 9.53 Å². The van der Waals surface area contributed by atoms with Crippen molar-refractivity contribution in [2.24, 2.45) is 5.73 Å². The number of methoxy groups -OCH3 is 2. The van der Waals surface area contributed by atoms with Crippen molar-refractivity contribution >= 4 is 28.5 Å². The van der Waals surface area contributed by atoms with Crippen LogP contribution in [0.4, 0.5) is 10.5 Å². The van der Waals surface area contributed by atoms with Gasteiger partial charge in [0.2, 0.25) is 0 Å². The second-order valence-corrected chi connectivity index (χ2v) is 7.05. The van der Waals surface area contributed by atoms with Crippen molar-refractivity contribution in [3.63, 3.8) is 0 Å². The maximum absolute atomic E-state index is 13.3. The number of amides is 2. The monoisotopic (exact) mass is 431 g/mol. The van der Waals surface area contributed by atoms with Gasteiger partial charge < -0.3 is 24.8 Å². The Hall–Kier alpha value is -3.11. The zero-order valence-electron chi connectivity index (χ0n) is 18.2. The molecule has 3 rings (SSSR count). The molecule has 10 nitrogen and oxygen atoms in total. The van der Waals surface area contributed by atoms with Gasteiger partial charge in [-0.3, -0.25) is 19.6 Å². The molecule has 1 aliphatic heterocycles. The van der Waals surface area contributed by atoms with Crippen LogP contribution in [0.2, 0.25) is 0 Å². The lowest BCUT2D eigenvalue weighted by atomic mass is 10.1. The van der Waals surface area contributed by atoms with Gasteiger partial charge in [-0.1, -0.05) is 0 Å². The minimum Gasteiger partial charge on any atom is -0.493 e. The van der Waals surface area contributed by atoms with Crippen LogP contribution in [0.15, 0.2) is 24.5 Å². The Kier molecular flexibility index (Phi) is 7.48. The maximum Gasteiger partial charge on any atom is 0.325 e. The molecule has 0 atom stereocenters. The third kappa shape index (κ3) is 4.97. The van der Waals surface area contributed by atoms with Crippen LogP contribution in [0, 0.1) is 0 Å². The van der Waals surface area contributed by atoms with Gasteiger partial charge in [-0.25, -0.2) is 4.79 Å². The summed E-state index contributed by atoms with van der Waals surface area (Å²) in [6.07, 6.45) is 3.32. The number of carbonyl (C=O) groups is 2. The minimum atomic E-state index is -0.253. The van der Waals surface area contributed by atoms with Gasteiger partial charge in [0.05, 0.1) is 45.9 Å². The molecule has 1 aromatic heterocycles. The number of anilines is 1. The number of urea groups is 1. The fourth-order valence-corrected chi connectivity index (χ4v) is 3.63. The van der Waals surface area contributed by atoms with E-state index in [1.807, 2.05) is 17.0 Å². The number of benzene rings is 1. The van der Waals surface area contributed by atoms with Crippen LogP contribution >= 0.6 is 0 Å². The number of fused-ring (bicyclic) bond motifs is 1. The second-order valence-electron chi connectivity index (χ2n) is 7.05. The molecule has 2 N–H and O–H groups in total. The predicted octanol–water partition coefficient (Wildman–Crippen LogP) is 1.28. The van der Waals surface area contributed by atoms with Crippen molar-refractivity contribution in [1.82, 2.24) is 14.8 Å². The molecule has 168 valence electrons. The van der Waals surface area contributed by atoms with Gasteiger partial charge in [0.25, 0.3) is 0 Å². The summed E-state index contributed by atoms with van der Waals surface area (Å²) in [6, 6.07) is 3.43. The Bertz CT molecular complexity index is 930. The van der Waals surface area contributed by atoms with Gasteiger partial charge in [0, 0.05) is 43.1 Å². The van der Waals surface area contributed by atoms with E-state index < -0.39 is 0 Å². The Morgan fingerprint density at radius 1 is 1.10 bits per heavy atom. The summed E-state index contributed by atoms with van der Waals surface area (Å²) in [7, 11) is 3.13. The molecule has 31 heavy (non-hydrogen) atoms. The van der Waals surface area contributed by atoms with Gasteiger partial charge >= 0.3 is 12.0 Å². The molecule has 0 spiro atoms. The van der Waals surface area contributed by atoms with E-state index >= 15 is 0 Å². The quantitative estimate of drug-likeness (QED) is 0.516. The van der Waals surface area contributed by atoms with Gasteiger partial charge in [0.15, 0.2) is 11.5 Å².